The summed E-state index contributed by atoms with van der Waals surface area (Å²) in [4.78, 5) is 6.81. The SMILES string of the molecule is O=S1(=O)CCC(Nc2nc(C(F)(F)F)nc3ccc(F)cc23)C1. The molecule has 124 valence electrons. The summed E-state index contributed by atoms with van der Waals surface area (Å²) < 4.78 is 75.0. The lowest BCUT2D eigenvalue weighted by Gasteiger charge is -2.15. The molecular weight excluding hydrogens is 338 g/mol. The van der Waals surface area contributed by atoms with Gasteiger partial charge in [-0.3, -0.25) is 0 Å². The number of benzene rings is 1. The lowest BCUT2D eigenvalue weighted by Crippen LogP contribution is -2.23. The van der Waals surface area contributed by atoms with Crippen LogP contribution in [0.25, 0.3) is 10.9 Å². The molecule has 10 heteroatoms. The van der Waals surface area contributed by atoms with Crippen LogP contribution in [-0.4, -0.2) is 35.9 Å². The van der Waals surface area contributed by atoms with E-state index in [0.717, 1.165) is 18.2 Å². The predicted molar refractivity (Wildman–Crippen MR) is 75.2 cm³/mol. The molecule has 1 aliphatic rings. The van der Waals surface area contributed by atoms with Crippen molar-refractivity contribution in [1.82, 2.24) is 9.97 Å². The molecule has 3 rings (SSSR count). The fourth-order valence-corrected chi connectivity index (χ4v) is 4.11. The van der Waals surface area contributed by atoms with E-state index in [9.17, 15) is 26.0 Å². The molecule has 5 nitrogen and oxygen atoms in total. The van der Waals surface area contributed by atoms with Crippen LogP contribution in [0.3, 0.4) is 0 Å². The highest BCUT2D eigenvalue weighted by Gasteiger charge is 2.36. The minimum absolute atomic E-state index is 0.0474. The van der Waals surface area contributed by atoms with Gasteiger partial charge in [0.05, 0.1) is 17.0 Å². The fraction of sp³-hybridized carbons (Fsp3) is 0.385. The van der Waals surface area contributed by atoms with Crippen molar-refractivity contribution in [2.45, 2.75) is 18.6 Å². The molecule has 1 aromatic heterocycles. The van der Waals surface area contributed by atoms with Crippen molar-refractivity contribution in [2.75, 3.05) is 16.8 Å². The molecule has 0 amide bonds. The van der Waals surface area contributed by atoms with Crippen molar-refractivity contribution in [3.63, 3.8) is 0 Å². The molecule has 1 N–H and O–H groups in total. The zero-order valence-electron chi connectivity index (χ0n) is 11.6. The van der Waals surface area contributed by atoms with Crippen molar-refractivity contribution in [1.29, 1.82) is 0 Å². The van der Waals surface area contributed by atoms with E-state index in [1.807, 2.05) is 0 Å². The van der Waals surface area contributed by atoms with Crippen LogP contribution in [0.1, 0.15) is 12.2 Å². The molecule has 0 spiro atoms. The summed E-state index contributed by atoms with van der Waals surface area (Å²) in [6.07, 6.45) is -4.51. The summed E-state index contributed by atoms with van der Waals surface area (Å²) in [5.74, 6) is -2.48. The number of sulfone groups is 1. The third kappa shape index (κ3) is 3.36. The first kappa shape index (κ1) is 15.9. The number of hydrogen-bond donors (Lipinski definition) is 1. The van der Waals surface area contributed by atoms with E-state index >= 15 is 0 Å². The molecule has 23 heavy (non-hydrogen) atoms. The van der Waals surface area contributed by atoms with E-state index in [4.69, 9.17) is 0 Å². The quantitative estimate of drug-likeness (QED) is 0.843. The van der Waals surface area contributed by atoms with Crippen molar-refractivity contribution >= 4 is 26.6 Å². The van der Waals surface area contributed by atoms with E-state index in [1.165, 1.54) is 0 Å². The first-order chi connectivity index (χ1) is 10.6. The average molecular weight is 349 g/mol. The van der Waals surface area contributed by atoms with Gasteiger partial charge >= 0.3 is 6.18 Å². The minimum Gasteiger partial charge on any atom is -0.366 e. The summed E-state index contributed by atoms with van der Waals surface area (Å²) >= 11 is 0. The minimum atomic E-state index is -4.76. The van der Waals surface area contributed by atoms with Gasteiger partial charge in [-0.2, -0.15) is 13.2 Å². The molecule has 0 saturated carbocycles. The molecular formula is C13H11F4N3O2S. The number of anilines is 1. The third-order valence-corrected chi connectivity index (χ3v) is 5.25. The lowest BCUT2D eigenvalue weighted by atomic mass is 10.2. The molecule has 1 aromatic carbocycles. The molecule has 1 fully saturated rings. The predicted octanol–water partition coefficient (Wildman–Crippen LogP) is 2.39. The van der Waals surface area contributed by atoms with Gasteiger partial charge in [0, 0.05) is 11.4 Å². The summed E-state index contributed by atoms with van der Waals surface area (Å²) in [5, 5.41) is 2.75. The van der Waals surface area contributed by atoms with Gasteiger partial charge in [-0.15, -0.1) is 0 Å². The Labute approximate surface area is 128 Å². The van der Waals surface area contributed by atoms with Crippen LogP contribution in [0, 0.1) is 5.82 Å². The highest BCUT2D eigenvalue weighted by atomic mass is 32.2. The number of alkyl halides is 3. The van der Waals surface area contributed by atoms with Crippen LogP contribution >= 0.6 is 0 Å². The monoisotopic (exact) mass is 349 g/mol. The van der Waals surface area contributed by atoms with Crippen LogP contribution in [0.15, 0.2) is 18.2 Å². The van der Waals surface area contributed by atoms with E-state index < -0.39 is 33.7 Å². The Hall–Kier alpha value is -1.97. The second kappa shape index (κ2) is 5.29. The van der Waals surface area contributed by atoms with Crippen molar-refractivity contribution in [2.24, 2.45) is 0 Å². The molecule has 2 aromatic rings. The van der Waals surface area contributed by atoms with Gasteiger partial charge < -0.3 is 5.32 Å². The fourth-order valence-electron chi connectivity index (χ4n) is 2.44. The van der Waals surface area contributed by atoms with E-state index in [1.54, 1.807) is 0 Å². The third-order valence-electron chi connectivity index (χ3n) is 3.48. The highest BCUT2D eigenvalue weighted by molar-refractivity contribution is 7.91. The van der Waals surface area contributed by atoms with Crippen molar-refractivity contribution in [3.8, 4) is 0 Å². The molecule has 0 radical (unpaired) electrons. The largest absolute Gasteiger partial charge is 0.451 e. The number of fused-ring (bicyclic) bond motifs is 1. The van der Waals surface area contributed by atoms with Gasteiger partial charge in [0.1, 0.15) is 11.6 Å². The number of hydrogen-bond acceptors (Lipinski definition) is 5. The zero-order valence-corrected chi connectivity index (χ0v) is 12.4. The van der Waals surface area contributed by atoms with E-state index in [0.29, 0.717) is 0 Å². The van der Waals surface area contributed by atoms with Crippen LogP contribution in [0.4, 0.5) is 23.4 Å². The summed E-state index contributed by atoms with van der Waals surface area (Å²) in [6.45, 7) is 0. The molecule has 1 saturated heterocycles. The molecule has 0 aliphatic carbocycles. The second-order valence-electron chi connectivity index (χ2n) is 5.30. The van der Waals surface area contributed by atoms with Crippen molar-refractivity contribution < 1.29 is 26.0 Å². The maximum Gasteiger partial charge on any atom is 0.451 e. The molecule has 0 bridgehead atoms. The zero-order chi connectivity index (χ0) is 16.8. The Bertz CT molecular complexity index is 867. The Morgan fingerprint density at radius 2 is 1.96 bits per heavy atom. The van der Waals surface area contributed by atoms with E-state index in [2.05, 4.69) is 15.3 Å². The van der Waals surface area contributed by atoms with Gasteiger partial charge in [-0.25, -0.2) is 22.8 Å². The summed E-state index contributed by atoms with van der Waals surface area (Å²) in [5.41, 5.74) is -0.0721. The first-order valence-electron chi connectivity index (χ1n) is 6.65. The first-order valence-corrected chi connectivity index (χ1v) is 8.48. The maximum absolute atomic E-state index is 13.4. The smallest absolute Gasteiger partial charge is 0.366 e. The molecule has 2 heterocycles. The topological polar surface area (TPSA) is 72.0 Å². The highest BCUT2D eigenvalue weighted by Crippen LogP contribution is 2.31. The Kier molecular flexibility index (Phi) is 3.66. The number of rotatable bonds is 2. The summed E-state index contributed by atoms with van der Waals surface area (Å²) in [7, 11) is -3.22. The van der Waals surface area contributed by atoms with E-state index in [-0.39, 0.29) is 34.6 Å². The number of nitrogens with one attached hydrogen (secondary N) is 1. The number of halogens is 4. The van der Waals surface area contributed by atoms with Gasteiger partial charge in [-0.05, 0) is 24.6 Å². The average Bonchev–Trinajstić information content (AvgIpc) is 2.77. The number of nitrogens with zero attached hydrogens (tertiary/aromatic N) is 2. The van der Waals surface area contributed by atoms with Crippen molar-refractivity contribution in [3.05, 3.63) is 29.8 Å². The standard InChI is InChI=1S/C13H11F4N3O2S/c14-7-1-2-10-9(5-7)11(20-12(19-10)13(15,16)17)18-8-3-4-23(21,22)6-8/h1-2,5,8H,3-4,6H2,(H,18,19,20). The van der Waals surface area contributed by atoms with Gasteiger partial charge in [0.15, 0.2) is 9.84 Å². The van der Waals surface area contributed by atoms with Crippen LogP contribution in [0.5, 0.6) is 0 Å². The Morgan fingerprint density at radius 3 is 2.57 bits per heavy atom. The molecule has 1 atom stereocenters. The summed E-state index contributed by atoms with van der Waals surface area (Å²) in [6, 6.07) is 2.57. The number of aromatic nitrogens is 2. The maximum atomic E-state index is 13.4. The molecule has 1 aliphatic heterocycles. The van der Waals surface area contributed by atoms with Crippen LogP contribution < -0.4 is 5.32 Å². The van der Waals surface area contributed by atoms with Crippen LogP contribution in [-0.2, 0) is 16.0 Å². The Balaban J connectivity index is 2.07. The normalized spacial score (nSPS) is 20.8. The molecule has 1 unspecified atom stereocenters. The lowest BCUT2D eigenvalue weighted by molar-refractivity contribution is -0.144. The van der Waals surface area contributed by atoms with Gasteiger partial charge in [-0.1, -0.05) is 0 Å². The Morgan fingerprint density at radius 1 is 1.22 bits per heavy atom. The second-order valence-corrected chi connectivity index (χ2v) is 7.53. The van der Waals surface area contributed by atoms with Gasteiger partial charge in [0.2, 0.25) is 5.82 Å². The van der Waals surface area contributed by atoms with Crippen LogP contribution in [0.2, 0.25) is 0 Å². The van der Waals surface area contributed by atoms with Gasteiger partial charge in [0.25, 0.3) is 0 Å².